The minimum atomic E-state index is -0.246. The summed E-state index contributed by atoms with van der Waals surface area (Å²) in [5.41, 5.74) is 2.88. The molecule has 2 aromatic carbocycles. The molecule has 0 spiro atoms. The number of amides is 1. The Bertz CT molecular complexity index is 983. The predicted molar refractivity (Wildman–Crippen MR) is 112 cm³/mol. The molecule has 0 aliphatic carbocycles. The third kappa shape index (κ3) is 4.34. The maximum Gasteiger partial charge on any atom is 0.258 e. The highest BCUT2D eigenvalue weighted by molar-refractivity contribution is 6.03. The van der Waals surface area contributed by atoms with Crippen LogP contribution >= 0.6 is 0 Å². The van der Waals surface area contributed by atoms with Gasteiger partial charge in [-0.1, -0.05) is 29.8 Å². The number of hydrogen-bond donors (Lipinski definition) is 1. The first-order chi connectivity index (χ1) is 14.1. The monoisotopic (exact) mass is 391 g/mol. The zero-order valence-corrected chi connectivity index (χ0v) is 16.2. The fraction of sp³-hybridized carbons (Fsp3) is 0.227. The summed E-state index contributed by atoms with van der Waals surface area (Å²) in [7, 11) is 0. The smallest absolute Gasteiger partial charge is 0.258 e. The van der Waals surface area contributed by atoms with Gasteiger partial charge in [0.25, 0.3) is 5.91 Å². The summed E-state index contributed by atoms with van der Waals surface area (Å²) < 4.78 is 14.0. The second-order valence-corrected chi connectivity index (χ2v) is 7.02. The largest absolute Gasteiger partial charge is 0.366 e. The van der Waals surface area contributed by atoms with Crippen LogP contribution in [-0.4, -0.2) is 42.1 Å². The Morgan fingerprint density at radius 1 is 0.931 bits per heavy atom. The molecule has 1 aliphatic heterocycles. The van der Waals surface area contributed by atoms with Gasteiger partial charge < -0.3 is 15.1 Å². The molecule has 148 valence electrons. The molecular formula is C22H22FN5O. The van der Waals surface area contributed by atoms with E-state index in [0.29, 0.717) is 43.4 Å². The number of benzene rings is 2. The normalized spacial score (nSPS) is 14.0. The van der Waals surface area contributed by atoms with Gasteiger partial charge >= 0.3 is 0 Å². The standard InChI is InChI=1S/C22H22FN5O/c1-16-6-8-18(9-7-16)26-21(29)17-14-24-22(25-15-17)28-12-10-27(11-13-28)20-5-3-2-4-19(20)23/h2-9,14-15H,10-13H2,1H3,(H,26,29). The molecule has 29 heavy (non-hydrogen) atoms. The van der Waals surface area contributed by atoms with Gasteiger partial charge in [-0.25, -0.2) is 14.4 Å². The molecule has 4 rings (SSSR count). The van der Waals surface area contributed by atoms with Crippen molar-refractivity contribution in [1.82, 2.24) is 9.97 Å². The predicted octanol–water partition coefficient (Wildman–Crippen LogP) is 3.50. The van der Waals surface area contributed by atoms with Gasteiger partial charge in [-0.2, -0.15) is 0 Å². The summed E-state index contributed by atoms with van der Waals surface area (Å²) >= 11 is 0. The van der Waals surface area contributed by atoms with Crippen LogP contribution in [0.3, 0.4) is 0 Å². The Hall–Kier alpha value is -3.48. The number of aryl methyl sites for hydroxylation is 1. The van der Waals surface area contributed by atoms with Gasteiger partial charge in [-0.3, -0.25) is 4.79 Å². The Morgan fingerprint density at radius 2 is 1.55 bits per heavy atom. The number of aromatic nitrogens is 2. The minimum Gasteiger partial charge on any atom is -0.366 e. The lowest BCUT2D eigenvalue weighted by Gasteiger charge is -2.36. The summed E-state index contributed by atoms with van der Waals surface area (Å²) in [6, 6.07) is 14.4. The molecule has 0 saturated carbocycles. The van der Waals surface area contributed by atoms with Gasteiger partial charge in [0.05, 0.1) is 11.3 Å². The molecule has 1 fully saturated rings. The number of nitrogens with one attached hydrogen (secondary N) is 1. The van der Waals surface area contributed by atoms with E-state index >= 15 is 0 Å². The average molecular weight is 391 g/mol. The molecule has 0 atom stereocenters. The van der Waals surface area contributed by atoms with Gasteiger partial charge in [0.2, 0.25) is 5.95 Å². The lowest BCUT2D eigenvalue weighted by Crippen LogP contribution is -2.47. The average Bonchev–Trinajstić information content (AvgIpc) is 2.76. The highest BCUT2D eigenvalue weighted by atomic mass is 19.1. The number of carbonyl (C=O) groups excluding carboxylic acids is 1. The first kappa shape index (κ1) is 18.9. The first-order valence-electron chi connectivity index (χ1n) is 9.54. The second-order valence-electron chi connectivity index (χ2n) is 7.02. The number of anilines is 3. The highest BCUT2D eigenvalue weighted by Crippen LogP contribution is 2.21. The van der Waals surface area contributed by atoms with E-state index in [1.807, 2.05) is 47.1 Å². The van der Waals surface area contributed by atoms with E-state index in [0.717, 1.165) is 11.3 Å². The topological polar surface area (TPSA) is 61.4 Å². The van der Waals surface area contributed by atoms with Crippen LogP contribution in [0.2, 0.25) is 0 Å². The van der Waals surface area contributed by atoms with Crippen LogP contribution in [0.5, 0.6) is 0 Å². The van der Waals surface area contributed by atoms with Crippen molar-refractivity contribution in [1.29, 1.82) is 0 Å². The van der Waals surface area contributed by atoms with Crippen molar-refractivity contribution in [2.24, 2.45) is 0 Å². The number of para-hydroxylation sites is 1. The molecule has 0 unspecified atom stereocenters. The van der Waals surface area contributed by atoms with Crippen molar-refractivity contribution >= 4 is 23.2 Å². The van der Waals surface area contributed by atoms with Crippen LogP contribution in [0.15, 0.2) is 60.9 Å². The fourth-order valence-electron chi connectivity index (χ4n) is 3.30. The van der Waals surface area contributed by atoms with Crippen LogP contribution in [0.4, 0.5) is 21.7 Å². The number of halogens is 1. The molecule has 2 heterocycles. The minimum absolute atomic E-state index is 0.207. The lowest BCUT2D eigenvalue weighted by molar-refractivity contribution is 0.102. The van der Waals surface area contributed by atoms with Crippen molar-refractivity contribution in [3.05, 3.63) is 77.9 Å². The lowest BCUT2D eigenvalue weighted by atomic mass is 10.2. The van der Waals surface area contributed by atoms with Crippen LogP contribution in [0.25, 0.3) is 0 Å². The molecule has 0 bridgehead atoms. The number of nitrogens with zero attached hydrogens (tertiary/aromatic N) is 4. The summed E-state index contributed by atoms with van der Waals surface area (Å²) in [4.78, 5) is 25.1. The zero-order valence-electron chi connectivity index (χ0n) is 16.2. The number of rotatable bonds is 4. The van der Waals surface area contributed by atoms with E-state index in [1.165, 1.54) is 18.5 Å². The van der Waals surface area contributed by atoms with Crippen LogP contribution in [0.1, 0.15) is 15.9 Å². The van der Waals surface area contributed by atoms with Gasteiger partial charge in [0.1, 0.15) is 5.82 Å². The summed E-state index contributed by atoms with van der Waals surface area (Å²) in [5, 5.41) is 2.84. The van der Waals surface area contributed by atoms with Crippen molar-refractivity contribution < 1.29 is 9.18 Å². The molecule has 3 aromatic rings. The molecule has 7 heteroatoms. The SMILES string of the molecule is Cc1ccc(NC(=O)c2cnc(N3CCN(c4ccccc4F)CC3)nc2)cc1. The Balaban J connectivity index is 1.36. The summed E-state index contributed by atoms with van der Waals surface area (Å²) in [6.07, 6.45) is 3.07. The van der Waals surface area contributed by atoms with Gasteiger partial charge in [-0.15, -0.1) is 0 Å². The highest BCUT2D eigenvalue weighted by Gasteiger charge is 2.21. The number of carbonyl (C=O) groups is 1. The first-order valence-corrected chi connectivity index (χ1v) is 9.54. The summed E-state index contributed by atoms with van der Waals surface area (Å²) in [6.45, 7) is 4.72. The molecule has 6 nitrogen and oxygen atoms in total. The molecular weight excluding hydrogens is 369 g/mol. The van der Waals surface area contributed by atoms with Crippen molar-refractivity contribution in [2.45, 2.75) is 6.92 Å². The zero-order chi connectivity index (χ0) is 20.2. The van der Waals surface area contributed by atoms with Crippen LogP contribution < -0.4 is 15.1 Å². The third-order valence-corrected chi connectivity index (χ3v) is 4.97. The molecule has 1 saturated heterocycles. The molecule has 1 amide bonds. The Kier molecular flexibility index (Phi) is 5.37. The van der Waals surface area contributed by atoms with E-state index in [1.54, 1.807) is 12.1 Å². The van der Waals surface area contributed by atoms with E-state index in [2.05, 4.69) is 15.3 Å². The molecule has 1 aliphatic rings. The van der Waals surface area contributed by atoms with E-state index < -0.39 is 0 Å². The van der Waals surface area contributed by atoms with Crippen LogP contribution in [0, 0.1) is 12.7 Å². The molecule has 1 N–H and O–H groups in total. The van der Waals surface area contributed by atoms with Crippen molar-refractivity contribution in [3.63, 3.8) is 0 Å². The van der Waals surface area contributed by atoms with E-state index in [9.17, 15) is 9.18 Å². The summed E-state index contributed by atoms with van der Waals surface area (Å²) in [5.74, 6) is 0.121. The number of hydrogen-bond acceptors (Lipinski definition) is 5. The van der Waals surface area contributed by atoms with E-state index in [4.69, 9.17) is 0 Å². The third-order valence-electron chi connectivity index (χ3n) is 4.97. The quantitative estimate of drug-likeness (QED) is 0.738. The number of piperazine rings is 1. The van der Waals surface area contributed by atoms with Crippen LogP contribution in [-0.2, 0) is 0 Å². The Morgan fingerprint density at radius 3 is 2.21 bits per heavy atom. The molecule has 0 radical (unpaired) electrons. The van der Waals surface area contributed by atoms with Gasteiger partial charge in [0.15, 0.2) is 0 Å². The van der Waals surface area contributed by atoms with E-state index in [-0.39, 0.29) is 11.7 Å². The van der Waals surface area contributed by atoms with Gasteiger partial charge in [0, 0.05) is 44.3 Å². The van der Waals surface area contributed by atoms with Crippen molar-refractivity contribution in [2.75, 3.05) is 41.3 Å². The second kappa shape index (κ2) is 8.26. The van der Waals surface area contributed by atoms with Crippen molar-refractivity contribution in [3.8, 4) is 0 Å². The maximum absolute atomic E-state index is 14.0. The maximum atomic E-state index is 14.0. The Labute approximate surface area is 169 Å². The van der Waals surface area contributed by atoms with Gasteiger partial charge in [-0.05, 0) is 31.2 Å². The molecule has 1 aromatic heterocycles. The fourth-order valence-corrected chi connectivity index (χ4v) is 3.30.